The summed E-state index contributed by atoms with van der Waals surface area (Å²) in [6.07, 6.45) is 1.73. The van der Waals surface area contributed by atoms with Crippen molar-refractivity contribution < 1.29 is 13.9 Å². The van der Waals surface area contributed by atoms with Crippen LogP contribution in [0.1, 0.15) is 60.9 Å². The van der Waals surface area contributed by atoms with Gasteiger partial charge in [0.05, 0.1) is 28.5 Å². The molecular formula is C30H28N2O4S. The number of ether oxygens (including phenoxy) is 1. The summed E-state index contributed by atoms with van der Waals surface area (Å²) in [4.78, 5) is 32.7. The molecule has 1 atom stereocenters. The highest BCUT2D eigenvalue weighted by Crippen LogP contribution is 2.35. The maximum absolute atomic E-state index is 13.8. The summed E-state index contributed by atoms with van der Waals surface area (Å²) >= 11 is 1.28. The molecule has 3 heterocycles. The number of hydrogen-bond donors (Lipinski definition) is 0. The minimum Gasteiger partial charge on any atom is -0.463 e. The highest BCUT2D eigenvalue weighted by atomic mass is 32.1. The number of benzene rings is 2. The van der Waals surface area contributed by atoms with Crippen LogP contribution in [0.15, 0.2) is 86.5 Å². The lowest BCUT2D eigenvalue weighted by molar-refractivity contribution is -0.138. The van der Waals surface area contributed by atoms with Crippen LogP contribution in [0.25, 0.3) is 11.8 Å². The van der Waals surface area contributed by atoms with Crippen molar-refractivity contribution in [1.82, 2.24) is 4.57 Å². The van der Waals surface area contributed by atoms with Crippen molar-refractivity contribution in [1.29, 1.82) is 0 Å². The van der Waals surface area contributed by atoms with Gasteiger partial charge < -0.3 is 9.15 Å². The molecular weight excluding hydrogens is 484 g/mol. The lowest BCUT2D eigenvalue weighted by atomic mass is 9.91. The Morgan fingerprint density at radius 3 is 2.46 bits per heavy atom. The number of hydrogen-bond acceptors (Lipinski definition) is 6. The minimum atomic E-state index is -0.688. The Morgan fingerprint density at radius 2 is 1.84 bits per heavy atom. The predicted molar refractivity (Wildman–Crippen MR) is 145 cm³/mol. The van der Waals surface area contributed by atoms with E-state index in [0.29, 0.717) is 32.3 Å². The van der Waals surface area contributed by atoms with Crippen LogP contribution < -0.4 is 14.9 Å². The summed E-state index contributed by atoms with van der Waals surface area (Å²) in [7, 11) is 0. The number of carbonyl (C=O) groups is 1. The van der Waals surface area contributed by atoms with Gasteiger partial charge in [0.15, 0.2) is 4.80 Å². The molecule has 0 bridgehead atoms. The van der Waals surface area contributed by atoms with Crippen molar-refractivity contribution >= 4 is 29.1 Å². The second kappa shape index (κ2) is 10.2. The van der Waals surface area contributed by atoms with Crippen LogP contribution in [0.3, 0.4) is 0 Å². The first-order valence-corrected chi connectivity index (χ1v) is 13.1. The maximum atomic E-state index is 13.8. The molecule has 1 aliphatic heterocycles. The van der Waals surface area contributed by atoms with E-state index in [4.69, 9.17) is 14.1 Å². The van der Waals surface area contributed by atoms with E-state index in [2.05, 4.69) is 13.8 Å². The molecule has 0 radical (unpaired) electrons. The second-order valence-corrected chi connectivity index (χ2v) is 10.2. The standard InChI is InChI=1S/C30H28N2O4S/c1-5-35-29(34)25-26(21-9-7-6-8-10-21)31-30-32(27(25)22-14-12-20(13-15-22)18(2)3)28(33)24(37-30)17-23-16-11-19(4)36-23/h6-18,27H,5H2,1-4H3. The van der Waals surface area contributed by atoms with Crippen LogP contribution in [-0.4, -0.2) is 17.1 Å². The number of esters is 1. The number of aromatic nitrogens is 1. The molecule has 7 heteroatoms. The fraction of sp³-hybridized carbons (Fsp3) is 0.233. The summed E-state index contributed by atoms with van der Waals surface area (Å²) in [5.41, 5.74) is 3.40. The van der Waals surface area contributed by atoms with E-state index in [-0.39, 0.29) is 12.2 Å². The average Bonchev–Trinajstić information content (AvgIpc) is 3.45. The van der Waals surface area contributed by atoms with Crippen molar-refractivity contribution in [3.63, 3.8) is 0 Å². The van der Waals surface area contributed by atoms with Gasteiger partial charge in [-0.2, -0.15) is 0 Å². The number of carbonyl (C=O) groups excluding carboxylic acids is 1. The van der Waals surface area contributed by atoms with Gasteiger partial charge in [-0.25, -0.2) is 9.79 Å². The molecule has 0 fully saturated rings. The van der Waals surface area contributed by atoms with E-state index in [9.17, 15) is 9.59 Å². The summed E-state index contributed by atoms with van der Waals surface area (Å²) in [6, 6.07) is 20.6. The van der Waals surface area contributed by atoms with E-state index < -0.39 is 12.0 Å². The maximum Gasteiger partial charge on any atom is 0.338 e. The normalized spacial score (nSPS) is 15.6. The molecule has 0 spiro atoms. The van der Waals surface area contributed by atoms with Gasteiger partial charge in [-0.15, -0.1) is 0 Å². The summed E-state index contributed by atoms with van der Waals surface area (Å²) in [5.74, 6) is 1.22. The lowest BCUT2D eigenvalue weighted by Crippen LogP contribution is -2.40. The van der Waals surface area contributed by atoms with E-state index in [1.54, 1.807) is 17.6 Å². The van der Waals surface area contributed by atoms with Gasteiger partial charge in [0, 0.05) is 11.6 Å². The van der Waals surface area contributed by atoms with Crippen molar-refractivity contribution in [2.24, 2.45) is 4.99 Å². The number of thiazole rings is 1. The molecule has 6 nitrogen and oxygen atoms in total. The number of aryl methyl sites for hydroxylation is 1. The van der Waals surface area contributed by atoms with E-state index >= 15 is 0 Å². The molecule has 0 saturated heterocycles. The zero-order valence-electron chi connectivity index (χ0n) is 21.2. The van der Waals surface area contributed by atoms with Crippen LogP contribution in [0, 0.1) is 6.92 Å². The zero-order valence-corrected chi connectivity index (χ0v) is 22.0. The summed E-state index contributed by atoms with van der Waals surface area (Å²) < 4.78 is 13.3. The van der Waals surface area contributed by atoms with Crippen molar-refractivity contribution in [2.75, 3.05) is 6.61 Å². The molecule has 0 aliphatic carbocycles. The van der Waals surface area contributed by atoms with Crippen molar-refractivity contribution in [3.05, 3.63) is 120 Å². The molecule has 188 valence electrons. The van der Waals surface area contributed by atoms with Crippen molar-refractivity contribution in [2.45, 2.75) is 39.7 Å². The Hall–Kier alpha value is -3.97. The van der Waals surface area contributed by atoms with Gasteiger partial charge >= 0.3 is 5.97 Å². The van der Waals surface area contributed by atoms with Crippen LogP contribution in [0.2, 0.25) is 0 Å². The fourth-order valence-corrected chi connectivity index (χ4v) is 5.46. The lowest BCUT2D eigenvalue weighted by Gasteiger charge is -2.26. The second-order valence-electron chi connectivity index (χ2n) is 9.20. The monoisotopic (exact) mass is 512 g/mol. The largest absolute Gasteiger partial charge is 0.463 e. The quantitative estimate of drug-likeness (QED) is 0.342. The van der Waals surface area contributed by atoms with Gasteiger partial charge in [0.25, 0.3) is 5.56 Å². The molecule has 0 N–H and O–H groups in total. The molecule has 1 aliphatic rings. The highest BCUT2D eigenvalue weighted by molar-refractivity contribution is 7.07. The van der Waals surface area contributed by atoms with E-state index in [1.165, 1.54) is 16.9 Å². The Bertz CT molecular complexity index is 1650. The molecule has 2 aromatic heterocycles. The molecule has 1 unspecified atom stereocenters. The summed E-state index contributed by atoms with van der Waals surface area (Å²) in [5, 5.41) is 0. The smallest absolute Gasteiger partial charge is 0.338 e. The first kappa shape index (κ1) is 24.7. The molecule has 5 rings (SSSR count). The number of nitrogens with zero attached hydrogens (tertiary/aromatic N) is 2. The molecule has 2 aromatic carbocycles. The van der Waals surface area contributed by atoms with Crippen LogP contribution in [-0.2, 0) is 9.53 Å². The Kier molecular flexibility index (Phi) is 6.80. The van der Waals surface area contributed by atoms with Crippen LogP contribution in [0.5, 0.6) is 0 Å². The first-order chi connectivity index (χ1) is 17.9. The first-order valence-electron chi connectivity index (χ1n) is 12.3. The molecule has 4 aromatic rings. The Morgan fingerprint density at radius 1 is 1.11 bits per heavy atom. The third-order valence-electron chi connectivity index (χ3n) is 6.33. The molecule has 37 heavy (non-hydrogen) atoms. The minimum absolute atomic E-state index is 0.214. The number of rotatable bonds is 6. The van der Waals surface area contributed by atoms with Gasteiger partial charge in [-0.1, -0.05) is 79.8 Å². The van der Waals surface area contributed by atoms with Gasteiger partial charge in [-0.3, -0.25) is 9.36 Å². The molecule has 0 amide bonds. The third kappa shape index (κ3) is 4.74. The van der Waals surface area contributed by atoms with Gasteiger partial charge in [0.1, 0.15) is 11.5 Å². The van der Waals surface area contributed by atoms with Gasteiger partial charge in [0.2, 0.25) is 0 Å². The number of furan rings is 1. The SMILES string of the molecule is CCOC(=O)C1=C(c2ccccc2)N=c2sc(=Cc3ccc(C)o3)c(=O)n2C1c1ccc(C(C)C)cc1. The molecule has 0 saturated carbocycles. The topological polar surface area (TPSA) is 73.8 Å². The van der Waals surface area contributed by atoms with Crippen molar-refractivity contribution in [3.8, 4) is 0 Å². The van der Waals surface area contributed by atoms with E-state index in [1.807, 2.05) is 73.7 Å². The highest BCUT2D eigenvalue weighted by Gasteiger charge is 2.35. The average molecular weight is 513 g/mol. The number of fused-ring (bicyclic) bond motifs is 1. The third-order valence-corrected chi connectivity index (χ3v) is 7.31. The van der Waals surface area contributed by atoms with Crippen LogP contribution >= 0.6 is 11.3 Å². The Labute approximate surface area is 218 Å². The van der Waals surface area contributed by atoms with Gasteiger partial charge in [-0.05, 0) is 43.0 Å². The van der Waals surface area contributed by atoms with Crippen LogP contribution in [0.4, 0.5) is 0 Å². The fourth-order valence-electron chi connectivity index (χ4n) is 4.48. The Balaban J connectivity index is 1.81. The summed E-state index contributed by atoms with van der Waals surface area (Å²) in [6.45, 7) is 8.11. The zero-order chi connectivity index (χ0) is 26.1. The predicted octanol–water partition coefficient (Wildman–Crippen LogP) is 4.96. The van der Waals surface area contributed by atoms with E-state index in [0.717, 1.165) is 16.9 Å².